The Morgan fingerprint density at radius 1 is 1.17 bits per heavy atom. The Hall–Kier alpha value is -3.57. The molecule has 0 unspecified atom stereocenters. The van der Waals surface area contributed by atoms with Gasteiger partial charge in [0.25, 0.3) is 5.69 Å². The number of fused-ring (bicyclic) bond motifs is 3. The number of nitro benzene ring substituents is 1. The fourth-order valence-electron chi connectivity index (χ4n) is 5.35. The van der Waals surface area contributed by atoms with Gasteiger partial charge in [-0.3, -0.25) is 29.6 Å². The number of anilines is 1. The third kappa shape index (κ3) is 5.17. The molecule has 11 nitrogen and oxygen atoms in total. The van der Waals surface area contributed by atoms with Crippen LogP contribution in [0.15, 0.2) is 42.7 Å². The van der Waals surface area contributed by atoms with Crippen molar-refractivity contribution in [2.24, 2.45) is 5.92 Å². The Labute approximate surface area is 209 Å². The second-order valence-corrected chi connectivity index (χ2v) is 9.45. The summed E-state index contributed by atoms with van der Waals surface area (Å²) in [6, 6.07) is 8.48. The molecule has 3 aliphatic heterocycles. The summed E-state index contributed by atoms with van der Waals surface area (Å²) in [4.78, 5) is 47.5. The van der Waals surface area contributed by atoms with Gasteiger partial charge < -0.3 is 19.9 Å². The van der Waals surface area contributed by atoms with Crippen LogP contribution in [0.5, 0.6) is 0 Å². The van der Waals surface area contributed by atoms with E-state index in [1.807, 2.05) is 17.0 Å². The first kappa shape index (κ1) is 24.1. The molecule has 0 saturated carbocycles. The van der Waals surface area contributed by atoms with Gasteiger partial charge in [-0.15, -0.1) is 0 Å². The lowest BCUT2D eigenvalue weighted by molar-refractivity contribution is -0.384. The number of benzene rings is 1. The number of amides is 2. The molecule has 5 rings (SSSR count). The molecule has 0 spiro atoms. The fraction of sp³-hybridized carbons (Fsp3) is 0.480. The van der Waals surface area contributed by atoms with Crippen molar-refractivity contribution in [3.63, 3.8) is 0 Å². The molecule has 4 heterocycles. The van der Waals surface area contributed by atoms with Crippen LogP contribution in [0.2, 0.25) is 0 Å². The van der Waals surface area contributed by atoms with E-state index < -0.39 is 10.8 Å². The van der Waals surface area contributed by atoms with Crippen molar-refractivity contribution < 1.29 is 19.2 Å². The van der Waals surface area contributed by atoms with Crippen molar-refractivity contribution in [2.45, 2.75) is 19.0 Å². The van der Waals surface area contributed by atoms with E-state index in [0.29, 0.717) is 65.4 Å². The minimum absolute atomic E-state index is 0.0245. The molecule has 36 heavy (non-hydrogen) atoms. The molecule has 1 aromatic carbocycles. The van der Waals surface area contributed by atoms with Crippen LogP contribution in [0.25, 0.3) is 0 Å². The van der Waals surface area contributed by atoms with Crippen LogP contribution in [0, 0.1) is 16.0 Å². The van der Waals surface area contributed by atoms with E-state index in [0.717, 1.165) is 16.8 Å². The van der Waals surface area contributed by atoms with Crippen LogP contribution in [-0.2, 0) is 27.3 Å². The molecule has 2 aromatic rings. The normalized spacial score (nSPS) is 21.9. The van der Waals surface area contributed by atoms with Crippen molar-refractivity contribution in [2.75, 3.05) is 57.4 Å². The van der Waals surface area contributed by atoms with E-state index in [2.05, 4.69) is 20.1 Å². The number of aromatic nitrogens is 1. The number of non-ortho nitro benzene ring substituents is 1. The zero-order chi connectivity index (χ0) is 25.1. The van der Waals surface area contributed by atoms with Gasteiger partial charge in [0.05, 0.1) is 36.6 Å². The van der Waals surface area contributed by atoms with Crippen LogP contribution < -0.4 is 10.2 Å². The van der Waals surface area contributed by atoms with Crippen LogP contribution in [0.1, 0.15) is 11.1 Å². The van der Waals surface area contributed by atoms with Gasteiger partial charge in [-0.2, -0.15) is 0 Å². The molecule has 0 bridgehead atoms. The molecule has 2 fully saturated rings. The SMILES string of the molecule is O=C(NCc1cccnc1)[C@@H]1Cc2cc([N+](=O)[O-])ccc2N2CCN(CC(=O)N3CCOCC3)C[C@H]12. The number of hydrogen-bond donors (Lipinski definition) is 1. The second-order valence-electron chi connectivity index (χ2n) is 9.45. The topological polar surface area (TPSA) is 121 Å². The molecule has 2 amide bonds. The predicted molar refractivity (Wildman–Crippen MR) is 131 cm³/mol. The van der Waals surface area contributed by atoms with Gasteiger partial charge in [0.2, 0.25) is 11.8 Å². The van der Waals surface area contributed by atoms with Crippen molar-refractivity contribution in [3.05, 3.63) is 64.0 Å². The van der Waals surface area contributed by atoms with E-state index >= 15 is 0 Å². The Balaban J connectivity index is 1.35. The molecule has 190 valence electrons. The number of carbonyl (C=O) groups is 2. The lowest BCUT2D eigenvalue weighted by Gasteiger charge is -2.49. The number of hydrogen-bond acceptors (Lipinski definition) is 8. The lowest BCUT2D eigenvalue weighted by atomic mass is 9.83. The highest BCUT2D eigenvalue weighted by Gasteiger charge is 2.42. The first-order valence-electron chi connectivity index (χ1n) is 12.3. The van der Waals surface area contributed by atoms with E-state index in [4.69, 9.17) is 4.74 Å². The number of nitro groups is 1. The summed E-state index contributed by atoms with van der Waals surface area (Å²) < 4.78 is 5.36. The molecular formula is C25H30N6O5. The van der Waals surface area contributed by atoms with Crippen LogP contribution >= 0.6 is 0 Å². The highest BCUT2D eigenvalue weighted by Crippen LogP contribution is 2.38. The number of nitrogens with one attached hydrogen (secondary N) is 1. The quantitative estimate of drug-likeness (QED) is 0.463. The molecular weight excluding hydrogens is 464 g/mol. The summed E-state index contributed by atoms with van der Waals surface area (Å²) in [6.45, 7) is 4.87. The zero-order valence-electron chi connectivity index (χ0n) is 20.0. The van der Waals surface area contributed by atoms with Gasteiger partial charge in [0, 0.05) is 69.5 Å². The van der Waals surface area contributed by atoms with E-state index in [1.54, 1.807) is 24.5 Å². The summed E-state index contributed by atoms with van der Waals surface area (Å²) in [5.74, 6) is -0.430. The van der Waals surface area contributed by atoms with Crippen molar-refractivity contribution in [1.82, 2.24) is 20.1 Å². The largest absolute Gasteiger partial charge is 0.378 e. The molecule has 1 N–H and O–H groups in total. The average molecular weight is 495 g/mol. The van der Waals surface area contributed by atoms with Gasteiger partial charge in [-0.05, 0) is 29.7 Å². The monoisotopic (exact) mass is 494 g/mol. The van der Waals surface area contributed by atoms with Gasteiger partial charge in [0.1, 0.15) is 0 Å². The summed E-state index contributed by atoms with van der Waals surface area (Å²) in [7, 11) is 0. The first-order chi connectivity index (χ1) is 17.5. The number of carbonyl (C=O) groups excluding carboxylic acids is 2. The van der Waals surface area contributed by atoms with Crippen molar-refractivity contribution in [3.8, 4) is 0 Å². The zero-order valence-corrected chi connectivity index (χ0v) is 20.0. The molecule has 0 radical (unpaired) electrons. The number of rotatable bonds is 6. The fourth-order valence-corrected chi connectivity index (χ4v) is 5.35. The van der Waals surface area contributed by atoms with Gasteiger partial charge in [-0.25, -0.2) is 0 Å². The highest BCUT2D eigenvalue weighted by atomic mass is 16.6. The molecule has 2 saturated heterocycles. The lowest BCUT2D eigenvalue weighted by Crippen LogP contribution is -2.62. The molecule has 1 aromatic heterocycles. The summed E-state index contributed by atoms with van der Waals surface area (Å²) in [5, 5.41) is 14.4. The maximum Gasteiger partial charge on any atom is 0.269 e. The maximum absolute atomic E-state index is 13.4. The van der Waals surface area contributed by atoms with Gasteiger partial charge >= 0.3 is 0 Å². The predicted octanol–water partition coefficient (Wildman–Crippen LogP) is 0.828. The van der Waals surface area contributed by atoms with Gasteiger partial charge in [0.15, 0.2) is 0 Å². The number of nitrogens with zero attached hydrogens (tertiary/aromatic N) is 5. The summed E-state index contributed by atoms with van der Waals surface area (Å²) >= 11 is 0. The summed E-state index contributed by atoms with van der Waals surface area (Å²) in [6.07, 6.45) is 3.80. The highest BCUT2D eigenvalue weighted by molar-refractivity contribution is 5.82. The minimum Gasteiger partial charge on any atom is -0.378 e. The molecule has 3 aliphatic rings. The third-order valence-corrected chi connectivity index (χ3v) is 7.24. The van der Waals surface area contributed by atoms with Crippen LogP contribution in [0.3, 0.4) is 0 Å². The third-order valence-electron chi connectivity index (χ3n) is 7.24. The number of pyridine rings is 1. The van der Waals surface area contributed by atoms with Crippen LogP contribution in [-0.4, -0.2) is 90.0 Å². The van der Waals surface area contributed by atoms with Crippen molar-refractivity contribution >= 4 is 23.2 Å². The standard InChI is InChI=1S/C25H30N6O5/c32-24(29-8-10-36-11-9-29)17-28-6-7-30-22-4-3-20(31(34)35)12-19(22)13-21(23(30)16-28)25(33)27-15-18-2-1-5-26-14-18/h1-5,12,14,21,23H,6-11,13,15-17H2,(H,27,33)/t21-,23-/m1/s1. The number of ether oxygens (including phenoxy) is 1. The Bertz CT molecular complexity index is 1120. The van der Waals surface area contributed by atoms with E-state index in [1.165, 1.54) is 6.07 Å². The summed E-state index contributed by atoms with van der Waals surface area (Å²) in [5.41, 5.74) is 2.66. The Kier molecular flexibility index (Phi) is 7.10. The Morgan fingerprint density at radius 2 is 2.00 bits per heavy atom. The van der Waals surface area contributed by atoms with Gasteiger partial charge in [-0.1, -0.05) is 6.07 Å². The van der Waals surface area contributed by atoms with E-state index in [9.17, 15) is 19.7 Å². The second kappa shape index (κ2) is 10.6. The molecule has 2 atom stereocenters. The number of morpholine rings is 1. The van der Waals surface area contributed by atoms with E-state index in [-0.39, 0.29) is 23.5 Å². The number of piperazine rings is 1. The first-order valence-corrected chi connectivity index (χ1v) is 12.3. The molecule has 0 aliphatic carbocycles. The minimum atomic E-state index is -0.405. The average Bonchev–Trinajstić information content (AvgIpc) is 2.91. The smallest absolute Gasteiger partial charge is 0.269 e. The van der Waals surface area contributed by atoms with Crippen molar-refractivity contribution in [1.29, 1.82) is 0 Å². The van der Waals surface area contributed by atoms with Crippen LogP contribution in [0.4, 0.5) is 11.4 Å². The molecule has 11 heteroatoms. The Morgan fingerprint density at radius 3 is 2.75 bits per heavy atom. The maximum atomic E-state index is 13.4.